The largest absolute Gasteiger partial charge is 0.348 e. The lowest BCUT2D eigenvalue weighted by Crippen LogP contribution is -2.40. The van der Waals surface area contributed by atoms with E-state index in [9.17, 15) is 13.2 Å². The molecular formula is C12H20N4O3S. The maximum atomic E-state index is 12.6. The van der Waals surface area contributed by atoms with Crippen molar-refractivity contribution in [2.45, 2.75) is 18.4 Å². The highest BCUT2D eigenvalue weighted by molar-refractivity contribution is 7.89. The van der Waals surface area contributed by atoms with Crippen LogP contribution < -0.4 is 5.73 Å². The van der Waals surface area contributed by atoms with Gasteiger partial charge in [-0.25, -0.2) is 8.42 Å². The Balaban J connectivity index is 3.15. The molecule has 0 aliphatic rings. The number of hydrogen-bond acceptors (Lipinski definition) is 5. The molecule has 0 spiro atoms. The van der Waals surface area contributed by atoms with Crippen LogP contribution in [0.25, 0.3) is 0 Å². The average molecular weight is 300 g/mol. The number of likely N-dealkylation sites (N-methyl/N-ethyl adjacent to an activating group) is 2. The van der Waals surface area contributed by atoms with Gasteiger partial charge in [0.05, 0.1) is 12.2 Å². The van der Waals surface area contributed by atoms with Gasteiger partial charge in [-0.2, -0.15) is 4.31 Å². The normalized spacial score (nSPS) is 11.7. The highest BCUT2D eigenvalue weighted by Gasteiger charge is 2.28. The van der Waals surface area contributed by atoms with Crippen LogP contribution in [0, 0.1) is 0 Å². The monoisotopic (exact) mass is 300 g/mol. The summed E-state index contributed by atoms with van der Waals surface area (Å²) in [6.45, 7) is 1.69. The van der Waals surface area contributed by atoms with E-state index in [1.54, 1.807) is 21.0 Å². The molecule has 0 unspecified atom stereocenters. The predicted molar refractivity (Wildman–Crippen MR) is 75.3 cm³/mol. The molecule has 0 atom stereocenters. The van der Waals surface area contributed by atoms with E-state index in [-0.39, 0.29) is 30.4 Å². The smallest absolute Gasteiger partial charge is 0.245 e. The molecule has 0 saturated carbocycles. The molecule has 1 heterocycles. The summed E-state index contributed by atoms with van der Waals surface area (Å²) >= 11 is 0. The molecule has 0 fully saturated rings. The van der Waals surface area contributed by atoms with Crippen LogP contribution in [0.1, 0.15) is 12.6 Å². The van der Waals surface area contributed by atoms with Crippen molar-refractivity contribution in [2.75, 3.05) is 27.2 Å². The van der Waals surface area contributed by atoms with Crippen LogP contribution >= 0.6 is 0 Å². The summed E-state index contributed by atoms with van der Waals surface area (Å²) in [5.74, 6) is -0.284. The molecule has 8 heteroatoms. The second-order valence-corrected chi connectivity index (χ2v) is 6.28. The Labute approximate surface area is 119 Å². The van der Waals surface area contributed by atoms with Crippen molar-refractivity contribution in [3.05, 3.63) is 24.0 Å². The molecule has 0 aromatic carbocycles. The molecule has 0 aliphatic carbocycles. The van der Waals surface area contributed by atoms with E-state index in [0.29, 0.717) is 5.69 Å². The molecule has 0 radical (unpaired) electrons. The predicted octanol–water partition coefficient (Wildman–Crippen LogP) is -0.361. The highest BCUT2D eigenvalue weighted by Crippen LogP contribution is 2.18. The number of hydrogen-bond donors (Lipinski definition) is 1. The minimum atomic E-state index is -3.78. The van der Waals surface area contributed by atoms with Gasteiger partial charge in [0.15, 0.2) is 0 Å². The first-order valence-electron chi connectivity index (χ1n) is 6.18. The Morgan fingerprint density at radius 1 is 1.40 bits per heavy atom. The van der Waals surface area contributed by atoms with Gasteiger partial charge < -0.3 is 10.6 Å². The average Bonchev–Trinajstić information content (AvgIpc) is 2.43. The summed E-state index contributed by atoms with van der Waals surface area (Å²) in [4.78, 5) is 17.1. The molecule has 0 bridgehead atoms. The SMILES string of the molecule is CCN(CC(=O)N(C)C)S(=O)(=O)c1cccnc1CN. The molecule has 2 N–H and O–H groups in total. The minimum absolute atomic E-state index is 0.0224. The quantitative estimate of drug-likeness (QED) is 0.774. The van der Waals surface area contributed by atoms with Crippen molar-refractivity contribution in [3.8, 4) is 0 Å². The van der Waals surface area contributed by atoms with Crippen molar-refractivity contribution >= 4 is 15.9 Å². The second kappa shape index (κ2) is 6.78. The maximum absolute atomic E-state index is 12.6. The van der Waals surface area contributed by atoms with Gasteiger partial charge in [-0.15, -0.1) is 0 Å². The summed E-state index contributed by atoms with van der Waals surface area (Å²) in [7, 11) is -0.616. The van der Waals surface area contributed by atoms with E-state index < -0.39 is 10.0 Å². The van der Waals surface area contributed by atoms with Crippen LogP contribution in [0.5, 0.6) is 0 Å². The fourth-order valence-electron chi connectivity index (χ4n) is 1.61. The number of sulfonamides is 1. The van der Waals surface area contributed by atoms with E-state index >= 15 is 0 Å². The third-order valence-electron chi connectivity index (χ3n) is 2.82. The lowest BCUT2D eigenvalue weighted by atomic mass is 10.3. The molecular weight excluding hydrogens is 280 g/mol. The van der Waals surface area contributed by atoms with E-state index in [4.69, 9.17) is 5.73 Å². The lowest BCUT2D eigenvalue weighted by Gasteiger charge is -2.22. The number of nitrogens with two attached hydrogens (primary N) is 1. The summed E-state index contributed by atoms with van der Waals surface area (Å²) in [5, 5.41) is 0. The van der Waals surface area contributed by atoms with Crippen molar-refractivity contribution in [2.24, 2.45) is 5.73 Å². The van der Waals surface area contributed by atoms with Gasteiger partial charge in [0.1, 0.15) is 4.90 Å². The number of rotatable bonds is 6. The van der Waals surface area contributed by atoms with Crippen LogP contribution in [0.2, 0.25) is 0 Å². The zero-order chi connectivity index (χ0) is 15.3. The lowest BCUT2D eigenvalue weighted by molar-refractivity contribution is -0.128. The van der Waals surface area contributed by atoms with Crippen LogP contribution in [0.3, 0.4) is 0 Å². The fourth-order valence-corrected chi connectivity index (χ4v) is 3.19. The first-order valence-corrected chi connectivity index (χ1v) is 7.62. The zero-order valence-electron chi connectivity index (χ0n) is 11.9. The van der Waals surface area contributed by atoms with E-state index in [0.717, 1.165) is 4.31 Å². The van der Waals surface area contributed by atoms with Gasteiger partial charge in [0.2, 0.25) is 15.9 Å². The Bertz CT molecular complexity index is 572. The van der Waals surface area contributed by atoms with Crippen LogP contribution in [-0.4, -0.2) is 55.7 Å². The van der Waals surface area contributed by atoms with Gasteiger partial charge >= 0.3 is 0 Å². The zero-order valence-corrected chi connectivity index (χ0v) is 12.7. The third-order valence-corrected chi connectivity index (χ3v) is 4.82. The number of carbonyl (C=O) groups is 1. The number of amides is 1. The molecule has 1 rings (SSSR count). The van der Waals surface area contributed by atoms with Gasteiger partial charge in [0.25, 0.3) is 0 Å². The summed E-state index contributed by atoms with van der Waals surface area (Å²) < 4.78 is 26.2. The topological polar surface area (TPSA) is 96.6 Å². The fraction of sp³-hybridized carbons (Fsp3) is 0.500. The standard InChI is InChI=1S/C12H20N4O3S/c1-4-16(9-12(17)15(2)3)20(18,19)11-6-5-7-14-10(11)8-13/h5-7H,4,8-9,13H2,1-3H3. The van der Waals surface area contributed by atoms with Crippen molar-refractivity contribution in [1.29, 1.82) is 0 Å². The van der Waals surface area contributed by atoms with Gasteiger partial charge in [-0.1, -0.05) is 6.92 Å². The Morgan fingerprint density at radius 2 is 2.05 bits per heavy atom. The third kappa shape index (κ3) is 3.53. The molecule has 1 amide bonds. The first kappa shape index (κ1) is 16.5. The molecule has 0 saturated heterocycles. The summed E-state index contributed by atoms with van der Waals surface area (Å²) in [5.41, 5.74) is 5.81. The molecule has 0 aliphatic heterocycles. The maximum Gasteiger partial charge on any atom is 0.245 e. The minimum Gasteiger partial charge on any atom is -0.348 e. The number of carbonyl (C=O) groups excluding carboxylic acids is 1. The summed E-state index contributed by atoms with van der Waals surface area (Å²) in [6, 6.07) is 2.99. The molecule has 112 valence electrons. The van der Waals surface area contributed by atoms with E-state index in [2.05, 4.69) is 4.98 Å². The van der Waals surface area contributed by atoms with Crippen molar-refractivity contribution in [1.82, 2.24) is 14.2 Å². The van der Waals surface area contributed by atoms with Gasteiger partial charge in [-0.3, -0.25) is 9.78 Å². The molecule has 7 nitrogen and oxygen atoms in total. The van der Waals surface area contributed by atoms with Crippen molar-refractivity contribution in [3.63, 3.8) is 0 Å². The summed E-state index contributed by atoms with van der Waals surface area (Å²) in [6.07, 6.45) is 1.49. The van der Waals surface area contributed by atoms with Crippen LogP contribution in [0.4, 0.5) is 0 Å². The number of aromatic nitrogens is 1. The molecule has 20 heavy (non-hydrogen) atoms. The van der Waals surface area contributed by atoms with Gasteiger partial charge in [0, 0.05) is 33.4 Å². The molecule has 1 aromatic heterocycles. The van der Waals surface area contributed by atoms with Crippen LogP contribution in [-0.2, 0) is 21.4 Å². The van der Waals surface area contributed by atoms with E-state index in [1.165, 1.54) is 23.2 Å². The van der Waals surface area contributed by atoms with Crippen molar-refractivity contribution < 1.29 is 13.2 Å². The Morgan fingerprint density at radius 3 is 2.55 bits per heavy atom. The van der Waals surface area contributed by atoms with Crippen LogP contribution in [0.15, 0.2) is 23.2 Å². The highest BCUT2D eigenvalue weighted by atomic mass is 32.2. The van der Waals surface area contributed by atoms with Gasteiger partial charge in [-0.05, 0) is 12.1 Å². The number of pyridine rings is 1. The number of nitrogens with zero attached hydrogens (tertiary/aromatic N) is 3. The first-order chi connectivity index (χ1) is 9.34. The molecule has 1 aromatic rings. The Kier molecular flexibility index (Phi) is 5.61. The second-order valence-electron chi connectivity index (χ2n) is 4.37. The Hall–Kier alpha value is -1.51. The van der Waals surface area contributed by atoms with E-state index in [1.807, 2.05) is 0 Å².